The molecule has 25 heavy (non-hydrogen) atoms. The van der Waals surface area contributed by atoms with Crippen LogP contribution in [0, 0.1) is 12.8 Å². The topological polar surface area (TPSA) is 63.7 Å². The average molecular weight is 345 g/mol. The molecule has 3 fully saturated rings. The van der Waals surface area contributed by atoms with Gasteiger partial charge in [-0.25, -0.2) is 0 Å². The summed E-state index contributed by atoms with van der Waals surface area (Å²) >= 11 is 0. The summed E-state index contributed by atoms with van der Waals surface area (Å²) in [5, 5.41) is 2.98. The fourth-order valence-electron chi connectivity index (χ4n) is 4.33. The summed E-state index contributed by atoms with van der Waals surface area (Å²) in [5.74, 6) is 0.463. The molecule has 3 saturated heterocycles. The molecule has 3 aliphatic heterocycles. The van der Waals surface area contributed by atoms with Gasteiger partial charge in [-0.1, -0.05) is 0 Å². The third-order valence-electron chi connectivity index (χ3n) is 5.85. The normalized spacial score (nSPS) is 30.8. The number of fused-ring (bicyclic) bond motifs is 1. The molecule has 1 aromatic rings. The van der Waals surface area contributed by atoms with Crippen molar-refractivity contribution in [2.24, 2.45) is 5.92 Å². The Morgan fingerprint density at radius 3 is 2.96 bits per heavy atom. The minimum atomic E-state index is -0.343. The Kier molecular flexibility index (Phi) is 5.01. The van der Waals surface area contributed by atoms with Crippen LogP contribution in [-0.4, -0.2) is 60.3 Å². The number of amides is 1. The predicted octanol–water partition coefficient (Wildman–Crippen LogP) is 1.99. The van der Waals surface area contributed by atoms with Crippen molar-refractivity contribution in [2.75, 3.05) is 31.6 Å². The van der Waals surface area contributed by atoms with E-state index in [1.807, 2.05) is 19.1 Å². The van der Waals surface area contributed by atoms with Crippen molar-refractivity contribution in [1.29, 1.82) is 0 Å². The van der Waals surface area contributed by atoms with E-state index >= 15 is 0 Å². The van der Waals surface area contributed by atoms with Crippen molar-refractivity contribution in [1.82, 2.24) is 9.88 Å². The predicted molar refractivity (Wildman–Crippen MR) is 94.4 cm³/mol. The lowest BCUT2D eigenvalue weighted by Gasteiger charge is -2.40. The molecule has 0 aliphatic carbocycles. The van der Waals surface area contributed by atoms with Crippen LogP contribution in [0.4, 0.5) is 5.69 Å². The quantitative estimate of drug-likeness (QED) is 0.908. The highest BCUT2D eigenvalue weighted by molar-refractivity contribution is 5.94. The Labute approximate surface area is 148 Å². The maximum Gasteiger partial charge on any atom is 0.253 e. The van der Waals surface area contributed by atoms with Crippen molar-refractivity contribution in [2.45, 2.75) is 50.9 Å². The SMILES string of the molecule is Cc1ncccc1NC(=O)[C@H]1C[C@@H]2CCN(C3CCOCC3)C[C@@H]2O1. The number of aromatic nitrogens is 1. The van der Waals surface area contributed by atoms with Gasteiger partial charge >= 0.3 is 0 Å². The second-order valence-electron chi connectivity index (χ2n) is 7.41. The van der Waals surface area contributed by atoms with Gasteiger partial charge in [0.25, 0.3) is 5.91 Å². The minimum absolute atomic E-state index is 0.0388. The van der Waals surface area contributed by atoms with Gasteiger partial charge in [-0.3, -0.25) is 14.7 Å². The van der Waals surface area contributed by atoms with Crippen LogP contribution in [0.3, 0.4) is 0 Å². The summed E-state index contributed by atoms with van der Waals surface area (Å²) in [5.41, 5.74) is 1.60. The number of nitrogens with zero attached hydrogens (tertiary/aromatic N) is 2. The number of anilines is 1. The summed E-state index contributed by atoms with van der Waals surface area (Å²) in [6.07, 6.45) is 5.75. The van der Waals surface area contributed by atoms with Gasteiger partial charge in [0.1, 0.15) is 6.10 Å². The van der Waals surface area contributed by atoms with E-state index in [1.54, 1.807) is 6.20 Å². The number of piperidine rings is 1. The van der Waals surface area contributed by atoms with Crippen LogP contribution in [0.5, 0.6) is 0 Å². The van der Waals surface area contributed by atoms with Crippen LogP contribution >= 0.6 is 0 Å². The molecule has 3 aliphatic rings. The van der Waals surface area contributed by atoms with Crippen molar-refractivity contribution in [3.63, 3.8) is 0 Å². The molecular formula is C19H27N3O3. The first-order chi connectivity index (χ1) is 12.2. The van der Waals surface area contributed by atoms with Crippen molar-refractivity contribution in [3.05, 3.63) is 24.0 Å². The molecule has 0 spiro atoms. The highest BCUT2D eigenvalue weighted by atomic mass is 16.5. The van der Waals surface area contributed by atoms with Crippen LogP contribution in [0.2, 0.25) is 0 Å². The van der Waals surface area contributed by atoms with E-state index in [0.29, 0.717) is 12.0 Å². The van der Waals surface area contributed by atoms with E-state index in [9.17, 15) is 4.79 Å². The highest BCUT2D eigenvalue weighted by Gasteiger charge is 2.43. The molecule has 0 aromatic carbocycles. The number of pyridine rings is 1. The molecule has 6 nitrogen and oxygen atoms in total. The molecule has 1 N–H and O–H groups in total. The zero-order chi connectivity index (χ0) is 17.2. The molecule has 4 rings (SSSR count). The molecule has 1 aromatic heterocycles. The summed E-state index contributed by atoms with van der Waals surface area (Å²) < 4.78 is 11.6. The maximum atomic E-state index is 12.6. The Hall–Kier alpha value is -1.50. The van der Waals surface area contributed by atoms with Gasteiger partial charge < -0.3 is 14.8 Å². The standard InChI is InChI=1S/C19H27N3O3/c1-13-16(3-2-7-20-13)21-19(23)17-11-14-4-8-22(12-18(14)25-17)15-5-9-24-10-6-15/h2-3,7,14-15,17-18H,4-6,8-12H2,1H3,(H,21,23)/t14-,17+,18-/m0/s1. The van der Waals surface area contributed by atoms with Gasteiger partial charge in [0.05, 0.1) is 17.5 Å². The fourth-order valence-corrected chi connectivity index (χ4v) is 4.33. The van der Waals surface area contributed by atoms with E-state index in [4.69, 9.17) is 9.47 Å². The number of aryl methyl sites for hydroxylation is 1. The number of rotatable bonds is 3. The first-order valence-corrected chi connectivity index (χ1v) is 9.40. The summed E-state index contributed by atoms with van der Waals surface area (Å²) in [6, 6.07) is 4.34. The zero-order valence-corrected chi connectivity index (χ0v) is 14.8. The first-order valence-electron chi connectivity index (χ1n) is 9.40. The molecule has 4 heterocycles. The zero-order valence-electron chi connectivity index (χ0n) is 14.8. The minimum Gasteiger partial charge on any atom is -0.381 e. The fraction of sp³-hybridized carbons (Fsp3) is 0.684. The maximum absolute atomic E-state index is 12.6. The van der Waals surface area contributed by atoms with Crippen LogP contribution in [0.15, 0.2) is 18.3 Å². The Balaban J connectivity index is 1.34. The number of ether oxygens (including phenoxy) is 2. The Morgan fingerprint density at radius 1 is 1.32 bits per heavy atom. The van der Waals surface area contributed by atoms with Gasteiger partial charge in [0, 0.05) is 32.0 Å². The molecule has 0 unspecified atom stereocenters. The van der Waals surface area contributed by atoms with Gasteiger partial charge in [-0.05, 0) is 57.2 Å². The van der Waals surface area contributed by atoms with E-state index in [2.05, 4.69) is 15.2 Å². The van der Waals surface area contributed by atoms with Gasteiger partial charge in [-0.15, -0.1) is 0 Å². The largest absolute Gasteiger partial charge is 0.381 e. The number of carbonyl (C=O) groups is 1. The van der Waals surface area contributed by atoms with Crippen molar-refractivity contribution >= 4 is 11.6 Å². The van der Waals surface area contributed by atoms with Crippen LogP contribution in [0.25, 0.3) is 0 Å². The number of nitrogens with one attached hydrogen (secondary N) is 1. The average Bonchev–Trinajstić information content (AvgIpc) is 3.08. The van der Waals surface area contributed by atoms with Crippen LogP contribution in [-0.2, 0) is 14.3 Å². The number of hydrogen-bond acceptors (Lipinski definition) is 5. The smallest absolute Gasteiger partial charge is 0.253 e. The second kappa shape index (κ2) is 7.40. The molecule has 1 amide bonds. The molecule has 0 saturated carbocycles. The molecule has 0 bridgehead atoms. The summed E-state index contributed by atoms with van der Waals surface area (Å²) in [4.78, 5) is 19.4. The van der Waals surface area contributed by atoms with E-state index in [1.165, 1.54) is 0 Å². The van der Waals surface area contributed by atoms with Gasteiger partial charge in [-0.2, -0.15) is 0 Å². The first kappa shape index (κ1) is 16.9. The molecule has 6 heteroatoms. The molecule has 0 radical (unpaired) electrons. The lowest BCUT2D eigenvalue weighted by Crippen LogP contribution is -2.49. The van der Waals surface area contributed by atoms with Gasteiger partial charge in [0.2, 0.25) is 0 Å². The van der Waals surface area contributed by atoms with Crippen LogP contribution in [0.1, 0.15) is 31.4 Å². The van der Waals surface area contributed by atoms with Crippen molar-refractivity contribution < 1.29 is 14.3 Å². The summed E-state index contributed by atoms with van der Waals surface area (Å²) in [6.45, 7) is 5.70. The number of likely N-dealkylation sites (tertiary alicyclic amines) is 1. The summed E-state index contributed by atoms with van der Waals surface area (Å²) in [7, 11) is 0. The Bertz CT molecular complexity index is 618. The van der Waals surface area contributed by atoms with E-state index in [-0.39, 0.29) is 18.1 Å². The molecule has 136 valence electrons. The highest BCUT2D eigenvalue weighted by Crippen LogP contribution is 2.35. The van der Waals surface area contributed by atoms with E-state index < -0.39 is 0 Å². The third-order valence-corrected chi connectivity index (χ3v) is 5.85. The molecule has 3 atom stereocenters. The second-order valence-corrected chi connectivity index (χ2v) is 7.41. The Morgan fingerprint density at radius 2 is 2.16 bits per heavy atom. The van der Waals surface area contributed by atoms with E-state index in [0.717, 1.165) is 63.4 Å². The van der Waals surface area contributed by atoms with Crippen LogP contribution < -0.4 is 5.32 Å². The number of hydrogen-bond donors (Lipinski definition) is 1. The number of carbonyl (C=O) groups excluding carboxylic acids is 1. The third kappa shape index (κ3) is 3.71. The lowest BCUT2D eigenvalue weighted by atomic mass is 9.90. The van der Waals surface area contributed by atoms with Crippen molar-refractivity contribution in [3.8, 4) is 0 Å². The monoisotopic (exact) mass is 345 g/mol. The lowest BCUT2D eigenvalue weighted by molar-refractivity contribution is -0.127. The molecular weight excluding hydrogens is 318 g/mol. The van der Waals surface area contributed by atoms with Gasteiger partial charge in [0.15, 0.2) is 0 Å².